The number of carboxylic acids is 1. The Hall–Kier alpha value is -1.40. The van der Waals surface area contributed by atoms with Crippen molar-refractivity contribution in [3.05, 3.63) is 17.5 Å². The van der Waals surface area contributed by atoms with E-state index in [0.29, 0.717) is 13.2 Å². The molecule has 1 aromatic rings. The summed E-state index contributed by atoms with van der Waals surface area (Å²) in [6.45, 7) is 4.89. The van der Waals surface area contributed by atoms with Crippen molar-refractivity contribution in [2.75, 3.05) is 19.7 Å². The molecule has 6 nitrogen and oxygen atoms in total. The second kappa shape index (κ2) is 5.49. The van der Waals surface area contributed by atoms with Gasteiger partial charge in [-0.05, 0) is 6.92 Å². The number of rotatable bonds is 4. The molecule has 1 saturated heterocycles. The molecule has 100 valence electrons. The van der Waals surface area contributed by atoms with Crippen LogP contribution in [0.4, 0.5) is 0 Å². The largest absolute Gasteiger partial charge is 0.481 e. The standard InChI is InChI=1S/C12H19N3O3/c1-9-10(6-14(2)13-9)7-15-3-4-18-11(8-15)5-12(16)17/h6,11H,3-5,7-8H2,1-2H3,(H,16,17). The Morgan fingerprint density at radius 1 is 1.67 bits per heavy atom. The third-order valence-electron chi connectivity index (χ3n) is 3.13. The second-order valence-electron chi connectivity index (χ2n) is 4.74. The molecule has 0 aromatic carbocycles. The summed E-state index contributed by atoms with van der Waals surface area (Å²) in [4.78, 5) is 12.9. The highest BCUT2D eigenvalue weighted by Crippen LogP contribution is 2.14. The van der Waals surface area contributed by atoms with Crippen LogP contribution in [0.15, 0.2) is 6.20 Å². The molecular formula is C12H19N3O3. The van der Waals surface area contributed by atoms with Crippen LogP contribution in [0.1, 0.15) is 17.7 Å². The predicted molar refractivity (Wildman–Crippen MR) is 65.2 cm³/mol. The normalized spacial score (nSPS) is 21.1. The minimum absolute atomic E-state index is 0.0719. The van der Waals surface area contributed by atoms with Gasteiger partial charge in [0.2, 0.25) is 0 Å². The van der Waals surface area contributed by atoms with Crippen LogP contribution in [-0.2, 0) is 23.1 Å². The molecule has 0 bridgehead atoms. The van der Waals surface area contributed by atoms with Gasteiger partial charge in [-0.2, -0.15) is 5.10 Å². The van der Waals surface area contributed by atoms with Crippen LogP contribution in [0, 0.1) is 6.92 Å². The van der Waals surface area contributed by atoms with E-state index >= 15 is 0 Å². The average Bonchev–Trinajstić information content (AvgIpc) is 2.57. The molecule has 1 unspecified atom stereocenters. The number of nitrogens with zero attached hydrogens (tertiary/aromatic N) is 3. The molecule has 1 aromatic heterocycles. The van der Waals surface area contributed by atoms with Crippen LogP contribution in [0.2, 0.25) is 0 Å². The Balaban J connectivity index is 1.93. The molecule has 0 amide bonds. The van der Waals surface area contributed by atoms with Gasteiger partial charge in [0.1, 0.15) is 0 Å². The van der Waals surface area contributed by atoms with Crippen molar-refractivity contribution in [3.8, 4) is 0 Å². The molecule has 6 heteroatoms. The fraction of sp³-hybridized carbons (Fsp3) is 0.667. The number of hydrogen-bond donors (Lipinski definition) is 1. The average molecular weight is 253 g/mol. The van der Waals surface area contributed by atoms with Crippen molar-refractivity contribution in [1.82, 2.24) is 14.7 Å². The van der Waals surface area contributed by atoms with E-state index in [9.17, 15) is 4.79 Å². The van der Waals surface area contributed by atoms with Gasteiger partial charge >= 0.3 is 5.97 Å². The summed E-state index contributed by atoms with van der Waals surface area (Å²) < 4.78 is 7.25. The monoisotopic (exact) mass is 253 g/mol. The summed E-state index contributed by atoms with van der Waals surface area (Å²) in [5.74, 6) is -0.806. The van der Waals surface area contributed by atoms with Gasteiger partial charge in [0, 0.05) is 38.4 Å². The molecule has 0 spiro atoms. The molecule has 1 aliphatic heterocycles. The molecule has 18 heavy (non-hydrogen) atoms. The highest BCUT2D eigenvalue weighted by Gasteiger charge is 2.23. The number of carboxylic acid groups (broad SMARTS) is 1. The van der Waals surface area contributed by atoms with Crippen LogP contribution < -0.4 is 0 Å². The van der Waals surface area contributed by atoms with E-state index in [1.54, 1.807) is 4.68 Å². The summed E-state index contributed by atoms with van der Waals surface area (Å²) in [5, 5.41) is 13.1. The first-order valence-corrected chi connectivity index (χ1v) is 6.09. The summed E-state index contributed by atoms with van der Waals surface area (Å²) in [6, 6.07) is 0. The fourth-order valence-electron chi connectivity index (χ4n) is 2.29. The lowest BCUT2D eigenvalue weighted by molar-refractivity contribution is -0.142. The van der Waals surface area contributed by atoms with Crippen molar-refractivity contribution >= 4 is 5.97 Å². The first kappa shape index (κ1) is 13.0. The van der Waals surface area contributed by atoms with Gasteiger partial charge in [-0.3, -0.25) is 14.4 Å². The van der Waals surface area contributed by atoms with Crippen LogP contribution in [0.5, 0.6) is 0 Å². The number of morpholine rings is 1. The Bertz CT molecular complexity index is 430. The maximum Gasteiger partial charge on any atom is 0.306 e. The van der Waals surface area contributed by atoms with Gasteiger partial charge in [0.15, 0.2) is 0 Å². The lowest BCUT2D eigenvalue weighted by Gasteiger charge is -2.32. The van der Waals surface area contributed by atoms with Gasteiger partial charge < -0.3 is 9.84 Å². The van der Waals surface area contributed by atoms with Crippen molar-refractivity contribution < 1.29 is 14.6 Å². The molecule has 1 atom stereocenters. The Kier molecular flexibility index (Phi) is 3.98. The van der Waals surface area contributed by atoms with Gasteiger partial charge in [-0.25, -0.2) is 0 Å². The lowest BCUT2D eigenvalue weighted by Crippen LogP contribution is -2.42. The zero-order valence-corrected chi connectivity index (χ0v) is 10.8. The first-order valence-electron chi connectivity index (χ1n) is 6.09. The van der Waals surface area contributed by atoms with Crippen molar-refractivity contribution in [2.45, 2.75) is 26.0 Å². The van der Waals surface area contributed by atoms with Crippen molar-refractivity contribution in [3.63, 3.8) is 0 Å². The van der Waals surface area contributed by atoms with Crippen LogP contribution in [0.3, 0.4) is 0 Å². The fourth-order valence-corrected chi connectivity index (χ4v) is 2.29. The zero-order chi connectivity index (χ0) is 13.1. The highest BCUT2D eigenvalue weighted by molar-refractivity contribution is 5.67. The maximum absolute atomic E-state index is 10.7. The van der Waals surface area contributed by atoms with Crippen molar-refractivity contribution in [1.29, 1.82) is 0 Å². The van der Waals surface area contributed by atoms with Gasteiger partial charge in [-0.15, -0.1) is 0 Å². The third-order valence-corrected chi connectivity index (χ3v) is 3.13. The van der Waals surface area contributed by atoms with Gasteiger partial charge in [-0.1, -0.05) is 0 Å². The number of ether oxygens (including phenoxy) is 1. The molecule has 1 aliphatic rings. The summed E-state index contributed by atoms with van der Waals surface area (Å²) in [7, 11) is 1.91. The molecule has 0 saturated carbocycles. The van der Waals surface area contributed by atoms with E-state index in [1.807, 2.05) is 20.2 Å². The quantitative estimate of drug-likeness (QED) is 0.841. The van der Waals surface area contributed by atoms with E-state index in [2.05, 4.69) is 10.00 Å². The second-order valence-corrected chi connectivity index (χ2v) is 4.74. The van der Waals surface area contributed by atoms with Gasteiger partial charge in [0.05, 0.1) is 24.8 Å². The van der Waals surface area contributed by atoms with Crippen LogP contribution in [-0.4, -0.2) is 51.6 Å². The molecule has 1 N–H and O–H groups in total. The summed E-state index contributed by atoms with van der Waals surface area (Å²) in [5.41, 5.74) is 2.22. The molecule has 1 fully saturated rings. The van der Waals surface area contributed by atoms with Crippen LogP contribution >= 0.6 is 0 Å². The van der Waals surface area contributed by atoms with E-state index in [1.165, 1.54) is 5.56 Å². The first-order chi connectivity index (χ1) is 8.54. The lowest BCUT2D eigenvalue weighted by atomic mass is 10.2. The van der Waals surface area contributed by atoms with E-state index in [4.69, 9.17) is 9.84 Å². The van der Waals surface area contributed by atoms with Crippen molar-refractivity contribution in [2.24, 2.45) is 7.05 Å². The molecule has 2 rings (SSSR count). The number of aryl methyl sites for hydroxylation is 2. The van der Waals surface area contributed by atoms with E-state index < -0.39 is 5.97 Å². The van der Waals surface area contributed by atoms with E-state index in [-0.39, 0.29) is 12.5 Å². The number of hydrogen-bond acceptors (Lipinski definition) is 4. The molecule has 0 radical (unpaired) electrons. The maximum atomic E-state index is 10.7. The molecular weight excluding hydrogens is 234 g/mol. The smallest absolute Gasteiger partial charge is 0.306 e. The zero-order valence-electron chi connectivity index (χ0n) is 10.8. The Labute approximate surface area is 106 Å². The molecule has 2 heterocycles. The number of aromatic nitrogens is 2. The van der Waals surface area contributed by atoms with Crippen LogP contribution in [0.25, 0.3) is 0 Å². The predicted octanol–water partition coefficient (Wildman–Crippen LogP) is 0.404. The Morgan fingerprint density at radius 3 is 3.06 bits per heavy atom. The van der Waals surface area contributed by atoms with E-state index in [0.717, 1.165) is 18.8 Å². The topological polar surface area (TPSA) is 67.6 Å². The number of aliphatic carboxylic acids is 1. The van der Waals surface area contributed by atoms with Gasteiger partial charge in [0.25, 0.3) is 0 Å². The Morgan fingerprint density at radius 2 is 2.44 bits per heavy atom. The molecule has 0 aliphatic carbocycles. The minimum atomic E-state index is -0.806. The summed E-state index contributed by atoms with van der Waals surface area (Å²) in [6.07, 6.45) is 1.88. The highest BCUT2D eigenvalue weighted by atomic mass is 16.5. The number of carbonyl (C=O) groups is 1. The summed E-state index contributed by atoms with van der Waals surface area (Å²) >= 11 is 0. The SMILES string of the molecule is Cc1nn(C)cc1CN1CCOC(CC(=O)O)C1. The third kappa shape index (κ3) is 3.30. The minimum Gasteiger partial charge on any atom is -0.481 e.